The van der Waals surface area contributed by atoms with Gasteiger partial charge < -0.3 is 14.7 Å². The summed E-state index contributed by atoms with van der Waals surface area (Å²) in [6.07, 6.45) is 2.34. The van der Waals surface area contributed by atoms with E-state index in [-0.39, 0.29) is 5.76 Å². The SMILES string of the molecule is CON=C1CCC2(CC1)OC(=O)C(c1c(C)cc(C)cc1C)=C2O. The molecule has 1 aliphatic carbocycles. The zero-order chi connectivity index (χ0) is 17.5. The molecule has 5 heteroatoms. The van der Waals surface area contributed by atoms with Gasteiger partial charge in [0.25, 0.3) is 0 Å². The number of carbonyl (C=O) groups is 1. The molecule has 0 bridgehead atoms. The largest absolute Gasteiger partial charge is 0.507 e. The fourth-order valence-corrected chi connectivity index (χ4v) is 3.90. The van der Waals surface area contributed by atoms with E-state index in [9.17, 15) is 9.90 Å². The number of aliphatic hydroxyl groups excluding tert-OH is 1. The van der Waals surface area contributed by atoms with Gasteiger partial charge >= 0.3 is 5.97 Å². The molecule has 0 radical (unpaired) electrons. The number of rotatable bonds is 2. The first-order chi connectivity index (χ1) is 11.4. The molecule has 2 aliphatic rings. The summed E-state index contributed by atoms with van der Waals surface area (Å²) < 4.78 is 5.68. The molecular formula is C19H23NO4. The van der Waals surface area contributed by atoms with Gasteiger partial charge in [-0.25, -0.2) is 4.79 Å². The lowest BCUT2D eigenvalue weighted by atomic mass is 9.81. The lowest BCUT2D eigenvalue weighted by molar-refractivity contribution is -0.148. The van der Waals surface area contributed by atoms with Crippen LogP contribution in [0.1, 0.15) is 47.9 Å². The van der Waals surface area contributed by atoms with Crippen molar-refractivity contribution in [3.8, 4) is 0 Å². The summed E-state index contributed by atoms with van der Waals surface area (Å²) in [5.74, 6) is -0.367. The van der Waals surface area contributed by atoms with Gasteiger partial charge in [0.1, 0.15) is 12.7 Å². The molecule has 0 amide bonds. The van der Waals surface area contributed by atoms with Crippen LogP contribution in [0.3, 0.4) is 0 Å². The van der Waals surface area contributed by atoms with Crippen LogP contribution < -0.4 is 0 Å². The van der Waals surface area contributed by atoms with Crippen molar-refractivity contribution in [2.45, 2.75) is 52.1 Å². The number of esters is 1. The van der Waals surface area contributed by atoms with E-state index in [4.69, 9.17) is 9.57 Å². The van der Waals surface area contributed by atoms with Crippen LogP contribution in [0.5, 0.6) is 0 Å². The molecule has 1 heterocycles. The average Bonchev–Trinajstić information content (AvgIpc) is 2.74. The zero-order valence-corrected chi connectivity index (χ0v) is 14.6. The minimum Gasteiger partial charge on any atom is -0.507 e. The number of oxime groups is 1. The molecule has 0 saturated heterocycles. The van der Waals surface area contributed by atoms with Gasteiger partial charge in [-0.2, -0.15) is 0 Å². The van der Waals surface area contributed by atoms with Gasteiger partial charge in [0.05, 0.1) is 5.71 Å². The lowest BCUT2D eigenvalue weighted by Gasteiger charge is -2.32. The Balaban J connectivity index is 2.02. The van der Waals surface area contributed by atoms with E-state index < -0.39 is 11.6 Å². The minimum atomic E-state index is -0.914. The van der Waals surface area contributed by atoms with Crippen LogP contribution in [0.15, 0.2) is 23.0 Å². The highest BCUT2D eigenvalue weighted by Crippen LogP contribution is 2.45. The highest BCUT2D eigenvalue weighted by atomic mass is 16.6. The van der Waals surface area contributed by atoms with E-state index in [1.165, 1.54) is 7.11 Å². The Kier molecular flexibility index (Phi) is 4.11. The van der Waals surface area contributed by atoms with Crippen molar-refractivity contribution in [2.75, 3.05) is 7.11 Å². The molecule has 0 atom stereocenters. The summed E-state index contributed by atoms with van der Waals surface area (Å²) in [4.78, 5) is 17.4. The number of aryl methyl sites for hydroxylation is 3. The summed E-state index contributed by atoms with van der Waals surface area (Å²) in [5, 5.41) is 14.9. The predicted octanol–water partition coefficient (Wildman–Crippen LogP) is 3.75. The first-order valence-electron chi connectivity index (χ1n) is 8.22. The van der Waals surface area contributed by atoms with Crippen LogP contribution in [-0.4, -0.2) is 29.5 Å². The summed E-state index contributed by atoms with van der Waals surface area (Å²) in [6, 6.07) is 4.04. The van der Waals surface area contributed by atoms with Gasteiger partial charge in [-0.3, -0.25) is 0 Å². The Labute approximate surface area is 142 Å². The highest BCUT2D eigenvalue weighted by molar-refractivity contribution is 6.20. The van der Waals surface area contributed by atoms with Crippen molar-refractivity contribution >= 4 is 17.3 Å². The van der Waals surface area contributed by atoms with Gasteiger partial charge in [-0.05, 0) is 63.1 Å². The van der Waals surface area contributed by atoms with E-state index >= 15 is 0 Å². The van der Waals surface area contributed by atoms with Gasteiger partial charge in [0.15, 0.2) is 11.4 Å². The van der Waals surface area contributed by atoms with E-state index in [0.29, 0.717) is 31.3 Å². The van der Waals surface area contributed by atoms with Crippen LogP contribution in [-0.2, 0) is 14.4 Å². The predicted molar refractivity (Wildman–Crippen MR) is 91.9 cm³/mol. The second-order valence-electron chi connectivity index (χ2n) is 6.72. The van der Waals surface area contributed by atoms with Crippen molar-refractivity contribution in [3.63, 3.8) is 0 Å². The van der Waals surface area contributed by atoms with E-state index in [2.05, 4.69) is 5.16 Å². The van der Waals surface area contributed by atoms with Crippen molar-refractivity contribution < 1.29 is 19.5 Å². The van der Waals surface area contributed by atoms with Crippen LogP contribution in [0.4, 0.5) is 0 Å². The Morgan fingerprint density at radius 2 is 1.75 bits per heavy atom. The monoisotopic (exact) mass is 329 g/mol. The molecule has 5 nitrogen and oxygen atoms in total. The molecule has 1 saturated carbocycles. The number of hydrogen-bond acceptors (Lipinski definition) is 5. The summed E-state index contributed by atoms with van der Waals surface area (Å²) in [6.45, 7) is 5.93. The molecule has 1 N–H and O–H groups in total. The number of ether oxygens (including phenoxy) is 1. The smallest absolute Gasteiger partial charge is 0.343 e. The molecule has 1 aromatic rings. The molecule has 128 valence electrons. The first kappa shape index (κ1) is 16.6. The van der Waals surface area contributed by atoms with E-state index in [1.54, 1.807) is 0 Å². The van der Waals surface area contributed by atoms with E-state index in [1.807, 2.05) is 32.9 Å². The first-order valence-corrected chi connectivity index (χ1v) is 8.22. The molecule has 1 fully saturated rings. The molecule has 0 unspecified atom stereocenters. The second kappa shape index (κ2) is 5.96. The molecular weight excluding hydrogens is 306 g/mol. The number of aliphatic hydroxyl groups is 1. The summed E-state index contributed by atoms with van der Waals surface area (Å²) in [5.41, 5.74) is 4.20. The molecule has 3 rings (SSSR count). The average molecular weight is 329 g/mol. The van der Waals surface area contributed by atoms with Crippen LogP contribution in [0, 0.1) is 20.8 Å². The standard InChI is InChI=1S/C19H23NO4/c1-11-9-12(2)15(13(3)10-11)16-17(21)19(24-18(16)22)7-5-14(6-8-19)20-23-4/h9-10,21H,5-8H2,1-4H3. The Bertz CT molecular complexity index is 728. The summed E-state index contributed by atoms with van der Waals surface area (Å²) >= 11 is 0. The van der Waals surface area contributed by atoms with Crippen LogP contribution >= 0.6 is 0 Å². The fraction of sp³-hybridized carbons (Fsp3) is 0.474. The third-order valence-electron chi connectivity index (χ3n) is 4.94. The molecule has 24 heavy (non-hydrogen) atoms. The lowest BCUT2D eigenvalue weighted by Crippen LogP contribution is -2.37. The highest BCUT2D eigenvalue weighted by Gasteiger charge is 2.50. The topological polar surface area (TPSA) is 68.1 Å². The van der Waals surface area contributed by atoms with Crippen molar-refractivity contribution in [1.29, 1.82) is 0 Å². The molecule has 1 spiro atoms. The molecule has 1 aliphatic heterocycles. The third kappa shape index (κ3) is 2.58. The number of hydrogen-bond donors (Lipinski definition) is 1. The maximum absolute atomic E-state index is 12.6. The fourth-order valence-electron chi connectivity index (χ4n) is 3.90. The van der Waals surface area contributed by atoms with Gasteiger partial charge in [-0.15, -0.1) is 0 Å². The maximum Gasteiger partial charge on any atom is 0.343 e. The van der Waals surface area contributed by atoms with Crippen molar-refractivity contribution in [3.05, 3.63) is 40.1 Å². The minimum absolute atomic E-state index is 0.0685. The third-order valence-corrected chi connectivity index (χ3v) is 4.94. The molecule has 1 aromatic carbocycles. The number of nitrogens with zero attached hydrogens (tertiary/aromatic N) is 1. The van der Waals surface area contributed by atoms with Crippen molar-refractivity contribution in [1.82, 2.24) is 0 Å². The Morgan fingerprint density at radius 1 is 1.17 bits per heavy atom. The van der Waals surface area contributed by atoms with Gasteiger partial charge in [0.2, 0.25) is 0 Å². The maximum atomic E-state index is 12.6. The summed E-state index contributed by atoms with van der Waals surface area (Å²) in [7, 11) is 1.52. The quantitative estimate of drug-likeness (QED) is 0.663. The molecule has 0 aromatic heterocycles. The Morgan fingerprint density at radius 3 is 2.29 bits per heavy atom. The van der Waals surface area contributed by atoms with Crippen molar-refractivity contribution in [2.24, 2.45) is 5.16 Å². The normalized spacial score (nSPS) is 23.7. The van der Waals surface area contributed by atoms with Gasteiger partial charge in [0, 0.05) is 0 Å². The van der Waals surface area contributed by atoms with Gasteiger partial charge in [-0.1, -0.05) is 22.9 Å². The van der Waals surface area contributed by atoms with Crippen LogP contribution in [0.25, 0.3) is 5.57 Å². The van der Waals surface area contributed by atoms with Crippen LogP contribution in [0.2, 0.25) is 0 Å². The van der Waals surface area contributed by atoms with E-state index in [0.717, 1.165) is 28.0 Å². The number of carbonyl (C=O) groups excluding carboxylic acids is 1. The number of benzene rings is 1. The Hall–Kier alpha value is -2.30. The zero-order valence-electron chi connectivity index (χ0n) is 14.6. The second-order valence-corrected chi connectivity index (χ2v) is 6.72.